The van der Waals surface area contributed by atoms with E-state index in [1.54, 1.807) is 0 Å². The summed E-state index contributed by atoms with van der Waals surface area (Å²) in [6.45, 7) is 8.75. The summed E-state index contributed by atoms with van der Waals surface area (Å²) in [7, 11) is 0. The number of nitrogens with zero attached hydrogens (tertiary/aromatic N) is 1. The quantitative estimate of drug-likeness (QED) is 0.557. The van der Waals surface area contributed by atoms with Gasteiger partial charge >= 0.3 is 0 Å². The highest BCUT2D eigenvalue weighted by atomic mass is 16.2. The lowest BCUT2D eigenvalue weighted by atomic mass is 10.2. The fourth-order valence-electron chi connectivity index (χ4n) is 1.69. The minimum absolute atomic E-state index is 0.0671. The van der Waals surface area contributed by atoms with E-state index in [4.69, 9.17) is 0 Å². The molecule has 1 aliphatic heterocycles. The number of piperazine rings is 1. The van der Waals surface area contributed by atoms with Gasteiger partial charge in [-0.1, -0.05) is 13.8 Å². The van der Waals surface area contributed by atoms with Gasteiger partial charge in [-0.25, -0.2) is 0 Å². The number of hydrogen-bond acceptors (Lipinski definition) is 4. The Morgan fingerprint density at radius 2 is 1.83 bits per heavy atom. The van der Waals surface area contributed by atoms with E-state index < -0.39 is 0 Å². The first-order valence-corrected chi connectivity index (χ1v) is 6.54. The smallest absolute Gasteiger partial charge is 0.239 e. The molecule has 1 aliphatic rings. The predicted molar refractivity (Wildman–Crippen MR) is 70.2 cm³/mol. The lowest BCUT2D eigenvalue weighted by molar-refractivity contribution is -0.126. The van der Waals surface area contributed by atoms with Crippen LogP contribution >= 0.6 is 0 Å². The fourth-order valence-corrected chi connectivity index (χ4v) is 1.69. The second kappa shape index (κ2) is 8.05. The molecule has 6 nitrogen and oxygen atoms in total. The molecule has 0 unspecified atom stereocenters. The second-order valence-corrected chi connectivity index (χ2v) is 5.00. The standard InChI is InChI=1S/C12H24N4O2/c1-10(2)7-14-11(17)8-15-12(18)9-16-5-3-13-4-6-16/h10,13H,3-9H2,1-2H3,(H,14,17)(H,15,18). The van der Waals surface area contributed by atoms with Crippen LogP contribution in [0.3, 0.4) is 0 Å². The van der Waals surface area contributed by atoms with Crippen LogP contribution in [0.25, 0.3) is 0 Å². The molecule has 1 heterocycles. The highest BCUT2D eigenvalue weighted by Gasteiger charge is 2.13. The zero-order chi connectivity index (χ0) is 13.4. The van der Waals surface area contributed by atoms with Crippen molar-refractivity contribution in [1.29, 1.82) is 0 Å². The highest BCUT2D eigenvalue weighted by Crippen LogP contribution is 1.91. The van der Waals surface area contributed by atoms with E-state index in [1.807, 2.05) is 13.8 Å². The molecular weight excluding hydrogens is 232 g/mol. The highest BCUT2D eigenvalue weighted by molar-refractivity contribution is 5.85. The Bertz CT molecular complexity index is 275. The van der Waals surface area contributed by atoms with Crippen LogP contribution in [0.1, 0.15) is 13.8 Å². The van der Waals surface area contributed by atoms with E-state index in [0.29, 0.717) is 19.0 Å². The van der Waals surface area contributed by atoms with Gasteiger partial charge < -0.3 is 16.0 Å². The largest absolute Gasteiger partial charge is 0.354 e. The van der Waals surface area contributed by atoms with Gasteiger partial charge in [-0.05, 0) is 5.92 Å². The van der Waals surface area contributed by atoms with Gasteiger partial charge in [-0.2, -0.15) is 0 Å². The molecule has 3 N–H and O–H groups in total. The van der Waals surface area contributed by atoms with E-state index in [2.05, 4.69) is 20.9 Å². The van der Waals surface area contributed by atoms with Crippen LogP contribution in [0, 0.1) is 5.92 Å². The van der Waals surface area contributed by atoms with E-state index in [9.17, 15) is 9.59 Å². The molecule has 18 heavy (non-hydrogen) atoms. The molecular formula is C12H24N4O2. The molecule has 0 aliphatic carbocycles. The lowest BCUT2D eigenvalue weighted by Gasteiger charge is -2.26. The molecule has 0 aromatic carbocycles. The van der Waals surface area contributed by atoms with Crippen molar-refractivity contribution in [3.8, 4) is 0 Å². The van der Waals surface area contributed by atoms with Gasteiger partial charge in [0.1, 0.15) is 0 Å². The van der Waals surface area contributed by atoms with Crippen LogP contribution in [-0.4, -0.2) is 62.5 Å². The molecule has 1 fully saturated rings. The van der Waals surface area contributed by atoms with Crippen molar-refractivity contribution in [3.05, 3.63) is 0 Å². The Balaban J connectivity index is 2.10. The first-order valence-electron chi connectivity index (χ1n) is 6.54. The summed E-state index contributed by atoms with van der Waals surface area (Å²) in [4.78, 5) is 25.1. The Morgan fingerprint density at radius 3 is 2.44 bits per heavy atom. The Morgan fingerprint density at radius 1 is 1.17 bits per heavy atom. The molecule has 0 atom stereocenters. The topological polar surface area (TPSA) is 73.5 Å². The number of amides is 2. The van der Waals surface area contributed by atoms with Crippen molar-refractivity contribution in [2.75, 3.05) is 45.8 Å². The van der Waals surface area contributed by atoms with Crippen LogP contribution < -0.4 is 16.0 Å². The van der Waals surface area contributed by atoms with Crippen LogP contribution in [0.5, 0.6) is 0 Å². The molecule has 0 aromatic heterocycles. The predicted octanol–water partition coefficient (Wildman–Crippen LogP) is -1.22. The zero-order valence-electron chi connectivity index (χ0n) is 11.3. The van der Waals surface area contributed by atoms with E-state index in [-0.39, 0.29) is 18.4 Å². The van der Waals surface area contributed by atoms with E-state index >= 15 is 0 Å². The third-order valence-corrected chi connectivity index (χ3v) is 2.73. The summed E-state index contributed by atoms with van der Waals surface area (Å²) in [5, 5.41) is 8.63. The molecule has 0 spiro atoms. The van der Waals surface area contributed by atoms with Crippen LogP contribution in [0.2, 0.25) is 0 Å². The Labute approximate surface area is 108 Å². The first-order chi connectivity index (χ1) is 8.58. The Kier molecular flexibility index (Phi) is 6.67. The van der Waals surface area contributed by atoms with E-state index in [0.717, 1.165) is 26.2 Å². The number of nitrogens with one attached hydrogen (secondary N) is 3. The molecule has 0 radical (unpaired) electrons. The number of rotatable bonds is 6. The third-order valence-electron chi connectivity index (χ3n) is 2.73. The summed E-state index contributed by atoms with van der Waals surface area (Å²) < 4.78 is 0. The van der Waals surface area contributed by atoms with Crippen molar-refractivity contribution < 1.29 is 9.59 Å². The summed E-state index contributed by atoms with van der Waals surface area (Å²) in [5.41, 5.74) is 0. The normalized spacial score (nSPS) is 16.6. The molecule has 1 saturated heterocycles. The summed E-state index contributed by atoms with van der Waals surface area (Å²) in [6, 6.07) is 0. The average molecular weight is 256 g/mol. The second-order valence-electron chi connectivity index (χ2n) is 5.00. The monoisotopic (exact) mass is 256 g/mol. The third kappa shape index (κ3) is 6.56. The minimum Gasteiger partial charge on any atom is -0.354 e. The molecule has 6 heteroatoms. The summed E-state index contributed by atoms with van der Waals surface area (Å²) >= 11 is 0. The lowest BCUT2D eigenvalue weighted by Crippen LogP contribution is -2.48. The maximum Gasteiger partial charge on any atom is 0.239 e. The molecule has 0 saturated carbocycles. The number of carbonyl (C=O) groups is 2. The van der Waals surface area contributed by atoms with Crippen molar-refractivity contribution in [3.63, 3.8) is 0 Å². The number of carbonyl (C=O) groups excluding carboxylic acids is 2. The van der Waals surface area contributed by atoms with Gasteiger partial charge in [-0.15, -0.1) is 0 Å². The van der Waals surface area contributed by atoms with Crippen molar-refractivity contribution in [1.82, 2.24) is 20.9 Å². The summed E-state index contributed by atoms with van der Waals surface area (Å²) in [6.07, 6.45) is 0. The van der Waals surface area contributed by atoms with Crippen LogP contribution in [-0.2, 0) is 9.59 Å². The van der Waals surface area contributed by atoms with Gasteiger partial charge in [-0.3, -0.25) is 14.5 Å². The first kappa shape index (κ1) is 14.9. The maximum absolute atomic E-state index is 11.6. The van der Waals surface area contributed by atoms with E-state index in [1.165, 1.54) is 0 Å². The fraction of sp³-hybridized carbons (Fsp3) is 0.833. The SMILES string of the molecule is CC(C)CNC(=O)CNC(=O)CN1CCNCC1. The molecule has 0 bridgehead atoms. The van der Waals surface area contributed by atoms with Crippen molar-refractivity contribution >= 4 is 11.8 Å². The molecule has 0 aromatic rings. The van der Waals surface area contributed by atoms with Crippen LogP contribution in [0.15, 0.2) is 0 Å². The maximum atomic E-state index is 11.6. The minimum atomic E-state index is -0.127. The molecule has 2 amide bonds. The van der Waals surface area contributed by atoms with Gasteiger partial charge in [0.25, 0.3) is 0 Å². The Hall–Kier alpha value is -1.14. The van der Waals surface area contributed by atoms with Gasteiger partial charge in [0.05, 0.1) is 13.1 Å². The zero-order valence-corrected chi connectivity index (χ0v) is 11.3. The van der Waals surface area contributed by atoms with Crippen LogP contribution in [0.4, 0.5) is 0 Å². The van der Waals surface area contributed by atoms with Crippen molar-refractivity contribution in [2.45, 2.75) is 13.8 Å². The van der Waals surface area contributed by atoms with Crippen molar-refractivity contribution in [2.24, 2.45) is 5.92 Å². The van der Waals surface area contributed by atoms with Gasteiger partial charge in [0, 0.05) is 32.7 Å². The molecule has 1 rings (SSSR count). The van der Waals surface area contributed by atoms with Gasteiger partial charge in [0.15, 0.2) is 0 Å². The summed E-state index contributed by atoms with van der Waals surface area (Å²) in [5.74, 6) is 0.208. The van der Waals surface area contributed by atoms with Gasteiger partial charge in [0.2, 0.25) is 11.8 Å². The molecule has 104 valence electrons. The average Bonchev–Trinajstić information content (AvgIpc) is 2.35. The number of hydrogen-bond donors (Lipinski definition) is 3.